The third kappa shape index (κ3) is 2.91. The second-order valence-corrected chi connectivity index (χ2v) is 5.44. The van der Waals surface area contributed by atoms with Crippen LogP contribution < -0.4 is 5.32 Å². The number of thiazole rings is 1. The molecule has 4 nitrogen and oxygen atoms in total. The van der Waals surface area contributed by atoms with E-state index in [4.69, 9.17) is 16.0 Å². The zero-order valence-electron chi connectivity index (χ0n) is 10.1. The standard InChI is InChI=1S/C12H13ClN2O2S/c1-7-9(4-13)3-11(17-7)12(16)15-6-10-5-14-8(2)18-10/h3,5H,4,6H2,1-2H3,(H,15,16). The molecule has 0 aliphatic rings. The molecule has 0 bridgehead atoms. The zero-order valence-corrected chi connectivity index (χ0v) is 11.7. The van der Waals surface area contributed by atoms with Crippen LogP contribution in [0.2, 0.25) is 0 Å². The van der Waals surface area contributed by atoms with Gasteiger partial charge in [0.05, 0.1) is 17.4 Å². The van der Waals surface area contributed by atoms with E-state index >= 15 is 0 Å². The van der Waals surface area contributed by atoms with E-state index in [1.54, 1.807) is 30.5 Å². The Balaban J connectivity index is 1.99. The largest absolute Gasteiger partial charge is 0.456 e. The molecule has 0 aromatic carbocycles. The summed E-state index contributed by atoms with van der Waals surface area (Å²) in [5.74, 6) is 1.09. The number of alkyl halides is 1. The molecule has 0 spiro atoms. The fourth-order valence-electron chi connectivity index (χ4n) is 1.51. The minimum Gasteiger partial charge on any atom is -0.456 e. The molecule has 1 N–H and O–H groups in total. The van der Waals surface area contributed by atoms with Crippen LogP contribution >= 0.6 is 22.9 Å². The lowest BCUT2D eigenvalue weighted by Gasteiger charge is -1.99. The fourth-order valence-corrected chi connectivity index (χ4v) is 2.51. The minimum atomic E-state index is -0.236. The molecule has 0 aliphatic carbocycles. The first-order valence-corrected chi connectivity index (χ1v) is 6.80. The van der Waals surface area contributed by atoms with Gasteiger partial charge in [-0.05, 0) is 19.9 Å². The SMILES string of the molecule is Cc1ncc(CNC(=O)c2cc(CCl)c(C)o2)s1. The number of aryl methyl sites for hydroxylation is 2. The second kappa shape index (κ2) is 5.54. The summed E-state index contributed by atoms with van der Waals surface area (Å²) >= 11 is 7.29. The first-order valence-electron chi connectivity index (χ1n) is 5.45. The van der Waals surface area contributed by atoms with E-state index in [1.807, 2.05) is 6.92 Å². The van der Waals surface area contributed by atoms with E-state index in [1.165, 1.54) is 0 Å². The number of furan rings is 1. The average Bonchev–Trinajstić information content (AvgIpc) is 2.92. The van der Waals surface area contributed by atoms with E-state index < -0.39 is 0 Å². The van der Waals surface area contributed by atoms with Crippen LogP contribution in [0.15, 0.2) is 16.7 Å². The Hall–Kier alpha value is -1.33. The molecule has 2 rings (SSSR count). The van der Waals surface area contributed by atoms with Gasteiger partial charge in [0, 0.05) is 16.6 Å². The second-order valence-electron chi connectivity index (χ2n) is 3.85. The molecule has 0 aliphatic heterocycles. The monoisotopic (exact) mass is 284 g/mol. The molecule has 0 atom stereocenters. The Bertz CT molecular complexity index is 562. The number of carbonyl (C=O) groups excluding carboxylic acids is 1. The van der Waals surface area contributed by atoms with E-state index in [-0.39, 0.29) is 5.91 Å². The molecule has 1 amide bonds. The van der Waals surface area contributed by atoms with Gasteiger partial charge < -0.3 is 9.73 Å². The van der Waals surface area contributed by atoms with Crippen molar-refractivity contribution in [1.29, 1.82) is 0 Å². The highest BCUT2D eigenvalue weighted by molar-refractivity contribution is 7.11. The summed E-state index contributed by atoms with van der Waals surface area (Å²) in [5.41, 5.74) is 0.843. The van der Waals surface area contributed by atoms with Crippen molar-refractivity contribution >= 4 is 28.8 Å². The molecule has 0 fully saturated rings. The van der Waals surface area contributed by atoms with Gasteiger partial charge in [-0.1, -0.05) is 0 Å². The Morgan fingerprint density at radius 3 is 2.89 bits per heavy atom. The molecular weight excluding hydrogens is 272 g/mol. The minimum absolute atomic E-state index is 0.236. The number of aromatic nitrogens is 1. The summed E-state index contributed by atoms with van der Waals surface area (Å²) in [6.45, 7) is 4.18. The summed E-state index contributed by atoms with van der Waals surface area (Å²) in [6.07, 6.45) is 1.76. The molecule has 0 saturated heterocycles. The van der Waals surface area contributed by atoms with Gasteiger partial charge in [-0.15, -0.1) is 22.9 Å². The number of nitrogens with zero attached hydrogens (tertiary/aromatic N) is 1. The van der Waals surface area contributed by atoms with E-state index in [9.17, 15) is 4.79 Å². The Kier molecular flexibility index (Phi) is 4.04. The third-order valence-electron chi connectivity index (χ3n) is 2.48. The molecule has 0 radical (unpaired) electrons. The normalized spacial score (nSPS) is 10.6. The van der Waals surface area contributed by atoms with Crippen LogP contribution in [-0.2, 0) is 12.4 Å². The lowest BCUT2D eigenvalue weighted by Crippen LogP contribution is -2.21. The predicted octanol–water partition coefficient (Wildman–Crippen LogP) is 3.02. The van der Waals surface area contributed by atoms with Crippen LogP contribution in [0, 0.1) is 13.8 Å². The van der Waals surface area contributed by atoms with E-state index in [2.05, 4.69) is 10.3 Å². The van der Waals surface area contributed by atoms with Crippen molar-refractivity contribution in [3.8, 4) is 0 Å². The van der Waals surface area contributed by atoms with Gasteiger partial charge in [0.2, 0.25) is 0 Å². The summed E-state index contributed by atoms with van der Waals surface area (Å²) in [6, 6.07) is 1.68. The molecule has 18 heavy (non-hydrogen) atoms. The van der Waals surface area contributed by atoms with Crippen molar-refractivity contribution in [2.75, 3.05) is 0 Å². The molecular formula is C12H13ClN2O2S. The number of amides is 1. The summed E-state index contributed by atoms with van der Waals surface area (Å²) in [5, 5.41) is 3.77. The average molecular weight is 285 g/mol. The van der Waals surface area contributed by atoms with Gasteiger partial charge in [0.1, 0.15) is 5.76 Å². The quantitative estimate of drug-likeness (QED) is 0.878. The molecule has 0 unspecified atom stereocenters. The van der Waals surface area contributed by atoms with Crippen molar-refractivity contribution in [3.05, 3.63) is 39.2 Å². The Morgan fingerprint density at radius 2 is 2.33 bits per heavy atom. The first kappa shape index (κ1) is 13.1. The van der Waals surface area contributed by atoms with Crippen molar-refractivity contribution in [2.24, 2.45) is 0 Å². The van der Waals surface area contributed by atoms with Crippen LogP contribution in [-0.4, -0.2) is 10.9 Å². The highest BCUT2D eigenvalue weighted by Crippen LogP contribution is 2.17. The maximum absolute atomic E-state index is 11.8. The van der Waals surface area contributed by atoms with Crippen LogP contribution in [0.3, 0.4) is 0 Å². The number of nitrogens with one attached hydrogen (secondary N) is 1. The number of hydrogen-bond donors (Lipinski definition) is 1. The summed E-state index contributed by atoms with van der Waals surface area (Å²) < 4.78 is 5.35. The topological polar surface area (TPSA) is 55.1 Å². The number of halogens is 1. The molecule has 0 saturated carbocycles. The van der Waals surface area contributed by atoms with Gasteiger partial charge in [-0.2, -0.15) is 0 Å². The van der Waals surface area contributed by atoms with Gasteiger partial charge in [0.15, 0.2) is 5.76 Å². The van der Waals surface area contributed by atoms with Gasteiger partial charge >= 0.3 is 0 Å². The highest BCUT2D eigenvalue weighted by atomic mass is 35.5. The molecule has 96 valence electrons. The van der Waals surface area contributed by atoms with Crippen LogP contribution in [0.5, 0.6) is 0 Å². The van der Waals surface area contributed by atoms with Crippen molar-refractivity contribution in [2.45, 2.75) is 26.3 Å². The maximum atomic E-state index is 11.8. The number of rotatable bonds is 4. The molecule has 2 aromatic rings. The first-order chi connectivity index (χ1) is 8.60. The van der Waals surface area contributed by atoms with E-state index in [0.717, 1.165) is 15.4 Å². The lowest BCUT2D eigenvalue weighted by atomic mass is 10.3. The summed E-state index contributed by atoms with van der Waals surface area (Å²) in [4.78, 5) is 17.0. The lowest BCUT2D eigenvalue weighted by molar-refractivity contribution is 0.0922. The maximum Gasteiger partial charge on any atom is 0.287 e. The van der Waals surface area contributed by atoms with Crippen molar-refractivity contribution < 1.29 is 9.21 Å². The van der Waals surface area contributed by atoms with Gasteiger partial charge in [0.25, 0.3) is 5.91 Å². The molecule has 2 aromatic heterocycles. The predicted molar refractivity (Wildman–Crippen MR) is 71.0 cm³/mol. The van der Waals surface area contributed by atoms with E-state index in [0.29, 0.717) is 23.9 Å². The number of carbonyl (C=O) groups is 1. The third-order valence-corrected chi connectivity index (χ3v) is 3.68. The zero-order chi connectivity index (χ0) is 13.1. The smallest absolute Gasteiger partial charge is 0.287 e. The number of hydrogen-bond acceptors (Lipinski definition) is 4. The van der Waals surface area contributed by atoms with Crippen LogP contribution in [0.4, 0.5) is 0 Å². The van der Waals surface area contributed by atoms with Crippen molar-refractivity contribution in [3.63, 3.8) is 0 Å². The molecule has 2 heterocycles. The van der Waals surface area contributed by atoms with Gasteiger partial charge in [-0.25, -0.2) is 4.98 Å². The Morgan fingerprint density at radius 1 is 1.56 bits per heavy atom. The van der Waals surface area contributed by atoms with Crippen LogP contribution in [0.25, 0.3) is 0 Å². The summed E-state index contributed by atoms with van der Waals surface area (Å²) in [7, 11) is 0. The van der Waals surface area contributed by atoms with Crippen LogP contribution in [0.1, 0.15) is 31.8 Å². The van der Waals surface area contributed by atoms with Crippen molar-refractivity contribution in [1.82, 2.24) is 10.3 Å². The Labute approximate surface area is 114 Å². The fraction of sp³-hybridized carbons (Fsp3) is 0.333. The molecule has 6 heteroatoms. The van der Waals surface area contributed by atoms with Gasteiger partial charge in [-0.3, -0.25) is 4.79 Å². The highest BCUT2D eigenvalue weighted by Gasteiger charge is 2.13.